The van der Waals surface area contributed by atoms with Gasteiger partial charge in [-0.2, -0.15) is 5.10 Å². The number of hydrogen-bond donors (Lipinski definition) is 2. The van der Waals surface area contributed by atoms with Crippen molar-refractivity contribution in [3.05, 3.63) is 87.4 Å². The van der Waals surface area contributed by atoms with Crippen LogP contribution in [0.1, 0.15) is 21.5 Å². The molecule has 0 unspecified atom stereocenters. The van der Waals surface area contributed by atoms with Crippen LogP contribution in [0.15, 0.2) is 65.8 Å². The number of rotatable bonds is 6. The van der Waals surface area contributed by atoms with Crippen molar-refractivity contribution in [1.82, 2.24) is 5.43 Å². The fourth-order valence-corrected chi connectivity index (χ4v) is 3.04. The minimum absolute atomic E-state index is 0.164. The molecule has 0 fully saturated rings. The molecular formula is C24H19Cl2N3O5. The van der Waals surface area contributed by atoms with E-state index in [0.29, 0.717) is 16.3 Å². The lowest BCUT2D eigenvalue weighted by Gasteiger charge is -2.10. The minimum Gasteiger partial charge on any atom is -0.493 e. The number of nitrogens with zero attached hydrogens (tertiary/aromatic N) is 1. The highest BCUT2D eigenvalue weighted by molar-refractivity contribution is 6.42. The SMILES string of the molecule is COc1cc(/C=N\NC(=O)C(=O)Nc2ccccc2C)ccc1OC(=O)c1ccc(Cl)c(Cl)c1. The summed E-state index contributed by atoms with van der Waals surface area (Å²) in [6.45, 7) is 1.81. The normalized spacial score (nSPS) is 10.6. The van der Waals surface area contributed by atoms with Gasteiger partial charge in [0.2, 0.25) is 0 Å². The van der Waals surface area contributed by atoms with Crippen LogP contribution in [-0.2, 0) is 9.59 Å². The van der Waals surface area contributed by atoms with Gasteiger partial charge in [0.1, 0.15) is 0 Å². The molecule has 0 aliphatic carbocycles. The third-order valence-corrected chi connectivity index (χ3v) is 5.26. The summed E-state index contributed by atoms with van der Waals surface area (Å²) in [5.74, 6) is -2.02. The summed E-state index contributed by atoms with van der Waals surface area (Å²) in [5, 5.41) is 6.84. The van der Waals surface area contributed by atoms with E-state index in [2.05, 4.69) is 15.8 Å². The first-order valence-electron chi connectivity index (χ1n) is 9.83. The van der Waals surface area contributed by atoms with Crippen molar-refractivity contribution < 1.29 is 23.9 Å². The number of esters is 1. The van der Waals surface area contributed by atoms with E-state index >= 15 is 0 Å². The summed E-state index contributed by atoms with van der Waals surface area (Å²) in [5.41, 5.74) is 4.24. The summed E-state index contributed by atoms with van der Waals surface area (Å²) in [7, 11) is 1.41. The van der Waals surface area contributed by atoms with E-state index in [1.54, 1.807) is 24.3 Å². The lowest BCUT2D eigenvalue weighted by molar-refractivity contribution is -0.136. The molecule has 34 heavy (non-hydrogen) atoms. The number of halogens is 2. The second-order valence-corrected chi connectivity index (χ2v) is 7.71. The van der Waals surface area contributed by atoms with Gasteiger partial charge in [-0.05, 0) is 60.5 Å². The van der Waals surface area contributed by atoms with Crippen LogP contribution in [0.3, 0.4) is 0 Å². The molecule has 0 aliphatic rings. The number of carbonyl (C=O) groups excluding carboxylic acids is 3. The number of anilines is 1. The standard InChI is InChI=1S/C24H19Cl2N3O5/c1-14-5-3-4-6-19(14)28-22(30)23(31)29-27-13-15-7-10-20(21(11-15)33-2)34-24(32)16-8-9-17(25)18(26)12-16/h3-13H,1-2H3,(H,28,30)(H,29,31)/b27-13-. The Morgan fingerprint density at radius 3 is 2.38 bits per heavy atom. The van der Waals surface area contributed by atoms with Crippen LogP contribution in [0.2, 0.25) is 10.0 Å². The molecule has 10 heteroatoms. The van der Waals surface area contributed by atoms with E-state index in [0.717, 1.165) is 5.56 Å². The summed E-state index contributed by atoms with van der Waals surface area (Å²) in [4.78, 5) is 36.4. The van der Waals surface area contributed by atoms with Gasteiger partial charge in [-0.25, -0.2) is 10.2 Å². The molecule has 174 valence electrons. The van der Waals surface area contributed by atoms with E-state index in [9.17, 15) is 14.4 Å². The highest BCUT2D eigenvalue weighted by Crippen LogP contribution is 2.29. The third kappa shape index (κ3) is 6.34. The zero-order chi connectivity index (χ0) is 24.7. The molecular weight excluding hydrogens is 481 g/mol. The second-order valence-electron chi connectivity index (χ2n) is 6.90. The highest BCUT2D eigenvalue weighted by Gasteiger charge is 2.15. The maximum Gasteiger partial charge on any atom is 0.343 e. The van der Waals surface area contributed by atoms with Crippen molar-refractivity contribution in [2.45, 2.75) is 6.92 Å². The molecule has 0 heterocycles. The Bertz CT molecular complexity index is 1280. The number of nitrogens with one attached hydrogen (secondary N) is 2. The largest absolute Gasteiger partial charge is 0.493 e. The molecule has 2 N–H and O–H groups in total. The number of hydrogen-bond acceptors (Lipinski definition) is 6. The number of aryl methyl sites for hydroxylation is 1. The quantitative estimate of drug-likeness (QED) is 0.169. The van der Waals surface area contributed by atoms with Gasteiger partial charge in [0.25, 0.3) is 0 Å². The molecule has 0 bridgehead atoms. The average molecular weight is 500 g/mol. The molecule has 0 aromatic heterocycles. The first kappa shape index (κ1) is 24.8. The van der Waals surface area contributed by atoms with Crippen molar-refractivity contribution in [2.24, 2.45) is 5.10 Å². The van der Waals surface area contributed by atoms with Crippen molar-refractivity contribution in [2.75, 3.05) is 12.4 Å². The van der Waals surface area contributed by atoms with Crippen molar-refractivity contribution in [3.63, 3.8) is 0 Å². The summed E-state index contributed by atoms with van der Waals surface area (Å²) >= 11 is 11.8. The molecule has 0 saturated heterocycles. The van der Waals surface area contributed by atoms with Gasteiger partial charge < -0.3 is 14.8 Å². The molecule has 8 nitrogen and oxygen atoms in total. The van der Waals surface area contributed by atoms with Crippen LogP contribution in [0.5, 0.6) is 11.5 Å². The van der Waals surface area contributed by atoms with Crippen molar-refractivity contribution in [3.8, 4) is 11.5 Å². The average Bonchev–Trinajstić information content (AvgIpc) is 2.82. The van der Waals surface area contributed by atoms with Crippen LogP contribution in [0.25, 0.3) is 0 Å². The van der Waals surface area contributed by atoms with Gasteiger partial charge in [0.05, 0.1) is 28.9 Å². The zero-order valence-corrected chi connectivity index (χ0v) is 19.6. The summed E-state index contributed by atoms with van der Waals surface area (Å²) in [6.07, 6.45) is 1.31. The molecule has 3 rings (SSSR count). The summed E-state index contributed by atoms with van der Waals surface area (Å²) < 4.78 is 10.7. The molecule has 0 saturated carbocycles. The Balaban J connectivity index is 1.62. The minimum atomic E-state index is -0.932. The van der Waals surface area contributed by atoms with E-state index in [1.165, 1.54) is 37.6 Å². The number of para-hydroxylation sites is 1. The van der Waals surface area contributed by atoms with Gasteiger partial charge in [0, 0.05) is 5.69 Å². The topological polar surface area (TPSA) is 106 Å². The van der Waals surface area contributed by atoms with E-state index < -0.39 is 17.8 Å². The number of ether oxygens (including phenoxy) is 2. The number of benzene rings is 3. The van der Waals surface area contributed by atoms with E-state index in [4.69, 9.17) is 32.7 Å². The molecule has 0 aliphatic heterocycles. The second kappa shape index (κ2) is 11.3. The van der Waals surface area contributed by atoms with E-state index in [-0.39, 0.29) is 22.1 Å². The maximum atomic E-state index is 12.4. The fourth-order valence-electron chi connectivity index (χ4n) is 2.74. The predicted octanol–water partition coefficient (Wildman–Crippen LogP) is 4.62. The first-order valence-corrected chi connectivity index (χ1v) is 10.6. The lowest BCUT2D eigenvalue weighted by atomic mass is 10.2. The van der Waals surface area contributed by atoms with Crippen LogP contribution in [-0.4, -0.2) is 31.1 Å². The first-order chi connectivity index (χ1) is 16.3. The number of amides is 2. The molecule has 0 atom stereocenters. The van der Waals surface area contributed by atoms with Gasteiger partial charge in [-0.3, -0.25) is 9.59 Å². The van der Waals surface area contributed by atoms with Gasteiger partial charge in [-0.15, -0.1) is 0 Å². The molecule has 2 amide bonds. The fraction of sp³-hybridized carbons (Fsp3) is 0.0833. The zero-order valence-electron chi connectivity index (χ0n) is 18.1. The maximum absolute atomic E-state index is 12.4. The van der Waals surface area contributed by atoms with Crippen molar-refractivity contribution >= 4 is 52.9 Å². The molecule has 0 radical (unpaired) electrons. The monoisotopic (exact) mass is 499 g/mol. The van der Waals surface area contributed by atoms with Crippen LogP contribution in [0, 0.1) is 6.92 Å². The number of methoxy groups -OCH3 is 1. The number of hydrazone groups is 1. The highest BCUT2D eigenvalue weighted by atomic mass is 35.5. The van der Waals surface area contributed by atoms with Gasteiger partial charge in [-0.1, -0.05) is 41.4 Å². The Morgan fingerprint density at radius 1 is 0.912 bits per heavy atom. The summed E-state index contributed by atoms with van der Waals surface area (Å²) in [6, 6.07) is 16.1. The Labute approximate surface area is 205 Å². The predicted molar refractivity (Wildman–Crippen MR) is 130 cm³/mol. The molecule has 3 aromatic carbocycles. The van der Waals surface area contributed by atoms with Crippen LogP contribution in [0.4, 0.5) is 5.69 Å². The van der Waals surface area contributed by atoms with Gasteiger partial charge >= 0.3 is 17.8 Å². The lowest BCUT2D eigenvalue weighted by Crippen LogP contribution is -2.32. The van der Waals surface area contributed by atoms with Gasteiger partial charge in [0.15, 0.2) is 11.5 Å². The van der Waals surface area contributed by atoms with Crippen LogP contribution >= 0.6 is 23.2 Å². The number of carbonyl (C=O) groups is 3. The Hall–Kier alpha value is -3.88. The Morgan fingerprint density at radius 2 is 1.68 bits per heavy atom. The molecule has 0 spiro atoms. The van der Waals surface area contributed by atoms with Crippen LogP contribution < -0.4 is 20.2 Å². The van der Waals surface area contributed by atoms with E-state index in [1.807, 2.05) is 19.1 Å². The molecule has 3 aromatic rings. The Kier molecular flexibility index (Phi) is 8.24. The smallest absolute Gasteiger partial charge is 0.343 e. The van der Waals surface area contributed by atoms with Crippen molar-refractivity contribution in [1.29, 1.82) is 0 Å². The third-order valence-electron chi connectivity index (χ3n) is 4.52.